The molecule has 0 radical (unpaired) electrons. The van der Waals surface area contributed by atoms with Crippen molar-refractivity contribution in [2.24, 2.45) is 5.73 Å². The van der Waals surface area contributed by atoms with Gasteiger partial charge in [-0.2, -0.15) is 0 Å². The standard InChI is InChI=1S/C14H20BrN3/c1-9-7-10(15)8-18-11(5-6-16)12(14(2,3)4)17-13(9)18/h7-8H,5-6,16H2,1-4H3. The molecule has 2 aromatic heterocycles. The molecule has 0 spiro atoms. The average molecular weight is 310 g/mol. The lowest BCUT2D eigenvalue weighted by molar-refractivity contribution is 0.563. The maximum atomic E-state index is 5.75. The molecule has 0 fully saturated rings. The van der Waals surface area contributed by atoms with Crippen molar-refractivity contribution in [1.82, 2.24) is 9.38 Å². The van der Waals surface area contributed by atoms with Gasteiger partial charge in [0.1, 0.15) is 5.65 Å². The molecular weight excluding hydrogens is 290 g/mol. The Morgan fingerprint density at radius 3 is 2.61 bits per heavy atom. The molecule has 3 nitrogen and oxygen atoms in total. The van der Waals surface area contributed by atoms with Crippen molar-refractivity contribution in [2.75, 3.05) is 6.54 Å². The smallest absolute Gasteiger partial charge is 0.140 e. The summed E-state index contributed by atoms with van der Waals surface area (Å²) in [5.74, 6) is 0. The third-order valence-corrected chi connectivity index (χ3v) is 3.49. The van der Waals surface area contributed by atoms with E-state index < -0.39 is 0 Å². The van der Waals surface area contributed by atoms with E-state index in [9.17, 15) is 0 Å². The summed E-state index contributed by atoms with van der Waals surface area (Å²) in [6.45, 7) is 9.31. The molecule has 2 N–H and O–H groups in total. The monoisotopic (exact) mass is 309 g/mol. The van der Waals surface area contributed by atoms with Gasteiger partial charge in [-0.3, -0.25) is 0 Å². The third-order valence-electron chi connectivity index (χ3n) is 3.06. The zero-order valence-electron chi connectivity index (χ0n) is 11.4. The van der Waals surface area contributed by atoms with Gasteiger partial charge in [0.15, 0.2) is 0 Å². The highest BCUT2D eigenvalue weighted by molar-refractivity contribution is 9.10. The number of aromatic nitrogens is 2. The topological polar surface area (TPSA) is 43.3 Å². The minimum absolute atomic E-state index is 0.0371. The van der Waals surface area contributed by atoms with E-state index in [0.29, 0.717) is 6.54 Å². The molecule has 2 aromatic rings. The first-order chi connectivity index (χ1) is 8.34. The van der Waals surface area contributed by atoms with Gasteiger partial charge in [0, 0.05) is 28.2 Å². The van der Waals surface area contributed by atoms with Gasteiger partial charge in [0.05, 0.1) is 5.69 Å². The van der Waals surface area contributed by atoms with Crippen LogP contribution in [-0.2, 0) is 11.8 Å². The van der Waals surface area contributed by atoms with Crippen LogP contribution in [0.4, 0.5) is 0 Å². The Hall–Kier alpha value is -0.870. The van der Waals surface area contributed by atoms with Gasteiger partial charge in [-0.25, -0.2) is 4.98 Å². The van der Waals surface area contributed by atoms with Crippen LogP contribution >= 0.6 is 15.9 Å². The van der Waals surface area contributed by atoms with Crippen LogP contribution in [0.5, 0.6) is 0 Å². The SMILES string of the molecule is Cc1cc(Br)cn2c(CCN)c(C(C)(C)C)nc12. The van der Waals surface area contributed by atoms with E-state index in [1.165, 1.54) is 11.3 Å². The molecule has 18 heavy (non-hydrogen) atoms. The number of hydrogen-bond acceptors (Lipinski definition) is 2. The fraction of sp³-hybridized carbons (Fsp3) is 0.500. The van der Waals surface area contributed by atoms with Gasteiger partial charge < -0.3 is 10.1 Å². The van der Waals surface area contributed by atoms with Crippen LogP contribution in [0, 0.1) is 6.92 Å². The highest BCUT2D eigenvalue weighted by Crippen LogP contribution is 2.28. The van der Waals surface area contributed by atoms with E-state index >= 15 is 0 Å². The lowest BCUT2D eigenvalue weighted by Crippen LogP contribution is -2.17. The number of fused-ring (bicyclic) bond motifs is 1. The number of rotatable bonds is 2. The van der Waals surface area contributed by atoms with E-state index in [1.54, 1.807) is 0 Å². The van der Waals surface area contributed by atoms with E-state index in [-0.39, 0.29) is 5.41 Å². The van der Waals surface area contributed by atoms with E-state index in [0.717, 1.165) is 22.2 Å². The fourth-order valence-electron chi connectivity index (χ4n) is 2.29. The number of imidazole rings is 1. The molecule has 0 aliphatic heterocycles. The Morgan fingerprint density at radius 2 is 2.06 bits per heavy atom. The molecule has 0 aromatic carbocycles. The number of halogens is 1. The molecule has 0 bridgehead atoms. The summed E-state index contributed by atoms with van der Waals surface area (Å²) in [6.07, 6.45) is 2.93. The van der Waals surface area contributed by atoms with Crippen molar-refractivity contribution in [3.05, 3.63) is 33.7 Å². The first-order valence-corrected chi connectivity index (χ1v) is 7.01. The number of nitrogens with two attached hydrogens (primary N) is 1. The maximum Gasteiger partial charge on any atom is 0.140 e. The van der Waals surface area contributed by atoms with Gasteiger partial charge in [-0.05, 0) is 41.0 Å². The number of pyridine rings is 1. The van der Waals surface area contributed by atoms with Gasteiger partial charge in [-0.15, -0.1) is 0 Å². The van der Waals surface area contributed by atoms with Crippen molar-refractivity contribution in [2.45, 2.75) is 39.5 Å². The highest BCUT2D eigenvalue weighted by atomic mass is 79.9. The second-order valence-electron chi connectivity index (χ2n) is 5.73. The summed E-state index contributed by atoms with van der Waals surface area (Å²) in [5.41, 5.74) is 10.4. The molecule has 0 unspecified atom stereocenters. The molecule has 98 valence electrons. The minimum Gasteiger partial charge on any atom is -0.330 e. The summed E-state index contributed by atoms with van der Waals surface area (Å²) in [6, 6.07) is 2.10. The third kappa shape index (κ3) is 2.31. The molecule has 0 saturated carbocycles. The van der Waals surface area contributed by atoms with Crippen molar-refractivity contribution in [1.29, 1.82) is 0 Å². The van der Waals surface area contributed by atoms with Gasteiger partial charge in [-0.1, -0.05) is 20.8 Å². The van der Waals surface area contributed by atoms with Crippen LogP contribution in [-0.4, -0.2) is 15.9 Å². The molecule has 0 saturated heterocycles. The quantitative estimate of drug-likeness (QED) is 0.925. The molecule has 2 heterocycles. The van der Waals surface area contributed by atoms with Gasteiger partial charge >= 0.3 is 0 Å². The Balaban J connectivity index is 2.79. The van der Waals surface area contributed by atoms with Crippen LogP contribution in [0.1, 0.15) is 37.7 Å². The van der Waals surface area contributed by atoms with E-state index in [2.05, 4.69) is 60.3 Å². The van der Waals surface area contributed by atoms with Crippen molar-refractivity contribution in [3.8, 4) is 0 Å². The number of hydrogen-bond donors (Lipinski definition) is 1. The van der Waals surface area contributed by atoms with Gasteiger partial charge in [0.25, 0.3) is 0 Å². The van der Waals surface area contributed by atoms with Crippen LogP contribution in [0.25, 0.3) is 5.65 Å². The largest absolute Gasteiger partial charge is 0.330 e. The summed E-state index contributed by atoms with van der Waals surface area (Å²) < 4.78 is 3.25. The summed E-state index contributed by atoms with van der Waals surface area (Å²) >= 11 is 3.55. The zero-order chi connectivity index (χ0) is 13.5. The predicted octanol–water partition coefficient (Wildman–Crippen LogP) is 3.20. The van der Waals surface area contributed by atoms with Crippen molar-refractivity contribution in [3.63, 3.8) is 0 Å². The molecule has 0 atom stereocenters. The zero-order valence-corrected chi connectivity index (χ0v) is 13.0. The molecular formula is C14H20BrN3. The Bertz CT molecular complexity index is 579. The van der Waals surface area contributed by atoms with Crippen molar-refractivity contribution < 1.29 is 0 Å². The lowest BCUT2D eigenvalue weighted by Gasteiger charge is -2.17. The lowest BCUT2D eigenvalue weighted by atomic mass is 9.90. The predicted molar refractivity (Wildman–Crippen MR) is 79.1 cm³/mol. The first-order valence-electron chi connectivity index (χ1n) is 6.22. The Morgan fingerprint density at radius 1 is 1.39 bits per heavy atom. The summed E-state index contributed by atoms with van der Waals surface area (Å²) in [5, 5.41) is 0. The number of nitrogens with zero attached hydrogens (tertiary/aromatic N) is 2. The normalized spacial score (nSPS) is 12.3. The Kier molecular flexibility index (Phi) is 3.52. The highest BCUT2D eigenvalue weighted by Gasteiger charge is 2.23. The average Bonchev–Trinajstić information content (AvgIpc) is 2.58. The molecule has 0 amide bonds. The van der Waals surface area contributed by atoms with Gasteiger partial charge in [0.2, 0.25) is 0 Å². The number of aryl methyl sites for hydroxylation is 1. The van der Waals surface area contributed by atoms with Crippen LogP contribution in [0.3, 0.4) is 0 Å². The van der Waals surface area contributed by atoms with Crippen LogP contribution < -0.4 is 5.73 Å². The minimum atomic E-state index is 0.0371. The second kappa shape index (κ2) is 4.67. The van der Waals surface area contributed by atoms with Crippen LogP contribution in [0.2, 0.25) is 0 Å². The van der Waals surface area contributed by atoms with E-state index in [4.69, 9.17) is 10.7 Å². The molecule has 4 heteroatoms. The van der Waals surface area contributed by atoms with Crippen LogP contribution in [0.15, 0.2) is 16.7 Å². The molecule has 0 aliphatic rings. The van der Waals surface area contributed by atoms with Crippen molar-refractivity contribution >= 4 is 21.6 Å². The first kappa shape index (κ1) is 13.6. The molecule has 2 rings (SSSR count). The fourth-order valence-corrected chi connectivity index (χ4v) is 2.84. The summed E-state index contributed by atoms with van der Waals surface area (Å²) in [4.78, 5) is 4.83. The second-order valence-corrected chi connectivity index (χ2v) is 6.65. The maximum absolute atomic E-state index is 5.75. The Labute approximate surface area is 117 Å². The summed E-state index contributed by atoms with van der Waals surface area (Å²) in [7, 11) is 0. The van der Waals surface area contributed by atoms with E-state index in [1.807, 2.05) is 0 Å². The molecule has 0 aliphatic carbocycles.